The first kappa shape index (κ1) is 17.3. The minimum Gasteiger partial charge on any atom is -0.370 e. The van der Waals surface area contributed by atoms with E-state index in [-0.39, 0.29) is 10.8 Å². The third kappa shape index (κ3) is 4.13. The highest BCUT2D eigenvalue weighted by Gasteiger charge is 2.27. The summed E-state index contributed by atoms with van der Waals surface area (Å²) in [6.45, 7) is 4.61. The van der Waals surface area contributed by atoms with Crippen LogP contribution in [0.3, 0.4) is 0 Å². The number of ether oxygens (including phenoxy) is 1. The van der Waals surface area contributed by atoms with Crippen molar-refractivity contribution < 1.29 is 22.8 Å². The van der Waals surface area contributed by atoms with Crippen molar-refractivity contribution in [2.75, 3.05) is 51.3 Å². The van der Waals surface area contributed by atoms with Crippen molar-refractivity contribution in [3.63, 3.8) is 0 Å². The fourth-order valence-corrected chi connectivity index (χ4v) is 4.57. The van der Waals surface area contributed by atoms with Crippen molar-refractivity contribution in [2.45, 2.75) is 17.7 Å². The molecule has 3 rings (SSSR count). The van der Waals surface area contributed by atoms with Crippen LogP contribution >= 0.6 is 0 Å². The van der Waals surface area contributed by atoms with E-state index in [1.165, 1.54) is 9.21 Å². The summed E-state index contributed by atoms with van der Waals surface area (Å²) in [4.78, 5) is 13.6. The first-order valence-corrected chi connectivity index (χ1v) is 9.81. The zero-order chi connectivity index (χ0) is 17.0. The summed E-state index contributed by atoms with van der Waals surface area (Å²) in [7, 11) is -3.40. The Kier molecular flexibility index (Phi) is 5.50. The molecule has 2 fully saturated rings. The van der Waals surface area contributed by atoms with Gasteiger partial charge in [-0.15, -0.1) is 0 Å². The maximum atomic E-state index is 12.5. The topological polar surface area (TPSA) is 80.1 Å². The molecule has 0 spiro atoms. The van der Waals surface area contributed by atoms with Gasteiger partial charge in [0.1, 0.15) is 13.1 Å². The lowest BCUT2D eigenvalue weighted by molar-refractivity contribution is -0.899. The highest BCUT2D eigenvalue weighted by Crippen LogP contribution is 2.22. The normalized spacial score (nSPS) is 20.2. The molecule has 132 valence electrons. The summed E-state index contributed by atoms with van der Waals surface area (Å²) in [5, 5.41) is 2.83. The van der Waals surface area contributed by atoms with Gasteiger partial charge in [-0.3, -0.25) is 4.79 Å². The van der Waals surface area contributed by atoms with E-state index in [9.17, 15) is 13.2 Å². The van der Waals surface area contributed by atoms with Gasteiger partial charge in [-0.25, -0.2) is 8.42 Å². The number of nitrogens with zero attached hydrogens (tertiary/aromatic N) is 1. The Morgan fingerprint density at radius 1 is 1.12 bits per heavy atom. The van der Waals surface area contributed by atoms with Crippen LogP contribution in [0.25, 0.3) is 0 Å². The summed E-state index contributed by atoms with van der Waals surface area (Å²) < 4.78 is 31.7. The number of hydrogen-bond acceptors (Lipinski definition) is 4. The Morgan fingerprint density at radius 3 is 2.38 bits per heavy atom. The van der Waals surface area contributed by atoms with E-state index < -0.39 is 10.0 Å². The number of hydrogen-bond donors (Lipinski definition) is 2. The SMILES string of the molecule is O=C(C[NH+]1CCOCC1)Nc1ccc(S(=O)(=O)N2CCCC2)cc1. The average molecular weight is 354 g/mol. The Morgan fingerprint density at radius 2 is 1.75 bits per heavy atom. The van der Waals surface area contributed by atoms with E-state index in [2.05, 4.69) is 5.32 Å². The first-order valence-electron chi connectivity index (χ1n) is 8.37. The van der Waals surface area contributed by atoms with E-state index in [4.69, 9.17) is 4.74 Å². The maximum absolute atomic E-state index is 12.5. The Balaban J connectivity index is 1.58. The number of anilines is 1. The molecular weight excluding hydrogens is 330 g/mol. The molecule has 7 nitrogen and oxygen atoms in total. The number of benzene rings is 1. The molecule has 0 aromatic heterocycles. The number of sulfonamides is 1. The second-order valence-corrected chi connectivity index (χ2v) is 8.16. The average Bonchev–Trinajstić information content (AvgIpc) is 3.11. The van der Waals surface area contributed by atoms with Gasteiger partial charge in [0, 0.05) is 18.8 Å². The minimum absolute atomic E-state index is 0.0675. The van der Waals surface area contributed by atoms with Crippen LogP contribution in [0.15, 0.2) is 29.2 Å². The number of carbonyl (C=O) groups is 1. The fourth-order valence-electron chi connectivity index (χ4n) is 3.06. The van der Waals surface area contributed by atoms with Crippen LogP contribution in [0.1, 0.15) is 12.8 Å². The van der Waals surface area contributed by atoms with Crippen molar-refractivity contribution in [1.29, 1.82) is 0 Å². The molecule has 0 bridgehead atoms. The molecule has 1 aromatic carbocycles. The molecule has 0 unspecified atom stereocenters. The zero-order valence-corrected chi connectivity index (χ0v) is 14.5. The molecule has 2 saturated heterocycles. The number of carbonyl (C=O) groups excluding carboxylic acids is 1. The number of amides is 1. The molecule has 0 radical (unpaired) electrons. The molecule has 8 heteroatoms. The van der Waals surface area contributed by atoms with Crippen molar-refractivity contribution in [2.24, 2.45) is 0 Å². The Bertz CT molecular complexity index is 663. The Labute approximate surface area is 142 Å². The summed E-state index contributed by atoms with van der Waals surface area (Å²) >= 11 is 0. The number of rotatable bonds is 5. The highest BCUT2D eigenvalue weighted by atomic mass is 32.2. The van der Waals surface area contributed by atoms with Crippen molar-refractivity contribution in [3.8, 4) is 0 Å². The second-order valence-electron chi connectivity index (χ2n) is 6.22. The van der Waals surface area contributed by atoms with Gasteiger partial charge in [-0.2, -0.15) is 4.31 Å². The van der Waals surface area contributed by atoms with Crippen molar-refractivity contribution in [1.82, 2.24) is 4.31 Å². The lowest BCUT2D eigenvalue weighted by Gasteiger charge is -2.23. The number of nitrogens with one attached hydrogen (secondary N) is 2. The van der Waals surface area contributed by atoms with E-state index in [1.54, 1.807) is 24.3 Å². The van der Waals surface area contributed by atoms with Gasteiger partial charge in [0.15, 0.2) is 6.54 Å². The molecule has 0 saturated carbocycles. The van der Waals surface area contributed by atoms with Crippen LogP contribution in [0, 0.1) is 0 Å². The molecule has 2 N–H and O–H groups in total. The van der Waals surface area contributed by atoms with Gasteiger partial charge < -0.3 is 15.0 Å². The predicted octanol–water partition coefficient (Wildman–Crippen LogP) is -0.675. The predicted molar refractivity (Wildman–Crippen MR) is 89.4 cm³/mol. The van der Waals surface area contributed by atoms with Gasteiger partial charge in [0.05, 0.1) is 18.1 Å². The molecule has 2 aliphatic heterocycles. The van der Waals surface area contributed by atoms with Crippen LogP contribution < -0.4 is 10.2 Å². The number of morpholine rings is 1. The van der Waals surface area contributed by atoms with E-state index >= 15 is 0 Å². The smallest absolute Gasteiger partial charge is 0.279 e. The van der Waals surface area contributed by atoms with Crippen LogP contribution in [0.2, 0.25) is 0 Å². The summed E-state index contributed by atoms with van der Waals surface area (Å²) in [6, 6.07) is 6.42. The Hall–Kier alpha value is -1.48. The van der Waals surface area contributed by atoms with Gasteiger partial charge in [0.2, 0.25) is 10.0 Å². The van der Waals surface area contributed by atoms with Gasteiger partial charge in [0.25, 0.3) is 5.91 Å². The van der Waals surface area contributed by atoms with E-state index in [0.717, 1.165) is 25.9 Å². The molecule has 1 aromatic rings. The molecule has 1 amide bonds. The van der Waals surface area contributed by atoms with Gasteiger partial charge >= 0.3 is 0 Å². The third-order valence-corrected chi connectivity index (χ3v) is 6.36. The van der Waals surface area contributed by atoms with Crippen LogP contribution in [0.4, 0.5) is 5.69 Å². The molecule has 0 aliphatic carbocycles. The standard InChI is InChI=1S/C16H23N3O4S/c20-16(13-18-9-11-23-12-10-18)17-14-3-5-15(6-4-14)24(21,22)19-7-1-2-8-19/h3-6H,1-2,7-13H2,(H,17,20)/p+1. The summed E-state index contributed by atoms with van der Waals surface area (Å²) in [5.74, 6) is -0.0675. The van der Waals surface area contributed by atoms with Crippen molar-refractivity contribution in [3.05, 3.63) is 24.3 Å². The molecule has 2 heterocycles. The van der Waals surface area contributed by atoms with E-state index in [0.29, 0.717) is 38.5 Å². The molecule has 24 heavy (non-hydrogen) atoms. The highest BCUT2D eigenvalue weighted by molar-refractivity contribution is 7.89. The second kappa shape index (κ2) is 7.60. The maximum Gasteiger partial charge on any atom is 0.279 e. The fraction of sp³-hybridized carbons (Fsp3) is 0.562. The van der Waals surface area contributed by atoms with E-state index in [1.807, 2.05) is 0 Å². The molecule has 0 atom stereocenters. The minimum atomic E-state index is -3.40. The van der Waals surface area contributed by atoms with Crippen LogP contribution in [-0.4, -0.2) is 64.6 Å². The van der Waals surface area contributed by atoms with Crippen LogP contribution in [-0.2, 0) is 19.6 Å². The van der Waals surface area contributed by atoms with Gasteiger partial charge in [-0.05, 0) is 37.1 Å². The first-order chi connectivity index (χ1) is 11.6. The largest absolute Gasteiger partial charge is 0.370 e. The third-order valence-electron chi connectivity index (χ3n) is 4.45. The monoisotopic (exact) mass is 354 g/mol. The molecular formula is C16H24N3O4S+. The lowest BCUT2D eigenvalue weighted by atomic mass is 10.3. The summed E-state index contributed by atoms with van der Waals surface area (Å²) in [5.41, 5.74) is 0.619. The summed E-state index contributed by atoms with van der Waals surface area (Å²) in [6.07, 6.45) is 1.83. The lowest BCUT2D eigenvalue weighted by Crippen LogP contribution is -3.15. The van der Waals surface area contributed by atoms with Crippen LogP contribution in [0.5, 0.6) is 0 Å². The quantitative estimate of drug-likeness (QED) is 0.735. The molecule has 2 aliphatic rings. The van der Waals surface area contributed by atoms with Gasteiger partial charge in [-0.1, -0.05) is 0 Å². The number of quaternary nitrogens is 1. The zero-order valence-electron chi connectivity index (χ0n) is 13.7. The van der Waals surface area contributed by atoms with Crippen molar-refractivity contribution >= 4 is 21.6 Å².